The molecule has 3 rings (SSSR count). The molecule has 17 heavy (non-hydrogen) atoms. The van der Waals surface area contributed by atoms with Crippen LogP contribution in [0.2, 0.25) is 0 Å². The fourth-order valence-corrected chi connectivity index (χ4v) is 2.56. The molecule has 1 aliphatic rings. The molecule has 1 aliphatic heterocycles. The first-order chi connectivity index (χ1) is 8.36. The highest BCUT2D eigenvalue weighted by atomic mass is 16.5. The van der Waals surface area contributed by atoms with Crippen molar-refractivity contribution in [2.75, 3.05) is 13.6 Å². The van der Waals surface area contributed by atoms with Crippen LogP contribution >= 0.6 is 0 Å². The molecule has 0 bridgehead atoms. The fraction of sp³-hybridized carbons (Fsp3) is 0.385. The van der Waals surface area contributed by atoms with Gasteiger partial charge < -0.3 is 4.52 Å². The van der Waals surface area contributed by atoms with Crippen molar-refractivity contribution in [1.82, 2.24) is 15.0 Å². The maximum atomic E-state index is 4.93. The second kappa shape index (κ2) is 4.30. The van der Waals surface area contributed by atoms with Crippen molar-refractivity contribution in [3.63, 3.8) is 0 Å². The van der Waals surface area contributed by atoms with E-state index in [9.17, 15) is 0 Å². The molecule has 0 aromatic carbocycles. The van der Waals surface area contributed by atoms with E-state index < -0.39 is 0 Å². The highest BCUT2D eigenvalue weighted by Crippen LogP contribution is 2.35. The Balaban J connectivity index is 2.05. The lowest BCUT2D eigenvalue weighted by Crippen LogP contribution is -2.18. The van der Waals surface area contributed by atoms with Gasteiger partial charge in [-0.25, -0.2) is 0 Å². The van der Waals surface area contributed by atoms with Gasteiger partial charge in [0.2, 0.25) is 0 Å². The Labute approximate surface area is 100 Å². The lowest BCUT2D eigenvalue weighted by molar-refractivity contribution is 0.317. The molecule has 0 unspecified atom stereocenters. The molecule has 0 amide bonds. The van der Waals surface area contributed by atoms with Crippen LogP contribution in [0.5, 0.6) is 0 Å². The Morgan fingerprint density at radius 2 is 2.35 bits per heavy atom. The van der Waals surface area contributed by atoms with Gasteiger partial charge >= 0.3 is 0 Å². The van der Waals surface area contributed by atoms with Crippen molar-refractivity contribution in [1.29, 1.82) is 0 Å². The maximum Gasteiger partial charge on any atom is 0.124 e. The molecule has 0 saturated carbocycles. The van der Waals surface area contributed by atoms with Crippen LogP contribution < -0.4 is 0 Å². The third-order valence-electron chi connectivity index (χ3n) is 3.45. The van der Waals surface area contributed by atoms with Gasteiger partial charge in [0.15, 0.2) is 0 Å². The molecular weight excluding hydrogens is 214 g/mol. The van der Waals surface area contributed by atoms with Crippen molar-refractivity contribution >= 4 is 0 Å². The predicted molar refractivity (Wildman–Crippen MR) is 64.3 cm³/mol. The molecule has 1 saturated heterocycles. The van der Waals surface area contributed by atoms with Crippen LogP contribution in [-0.4, -0.2) is 28.6 Å². The molecular formula is C13H15N3O. The summed E-state index contributed by atoms with van der Waals surface area (Å²) in [6, 6.07) is 4.36. The Bertz CT molecular complexity index is 495. The van der Waals surface area contributed by atoms with Gasteiger partial charge in [0.1, 0.15) is 12.0 Å². The zero-order valence-electron chi connectivity index (χ0n) is 9.84. The van der Waals surface area contributed by atoms with E-state index in [4.69, 9.17) is 4.52 Å². The second-order valence-electron chi connectivity index (χ2n) is 4.49. The molecule has 2 aromatic rings. The molecule has 4 nitrogen and oxygen atoms in total. The quantitative estimate of drug-likeness (QED) is 0.793. The van der Waals surface area contributed by atoms with Crippen LogP contribution in [0.1, 0.15) is 24.4 Å². The minimum atomic E-state index is 0.454. The predicted octanol–water partition coefficient (Wildman–Crippen LogP) is 2.50. The number of aromatic nitrogens is 2. The first-order valence-electron chi connectivity index (χ1n) is 5.91. The number of rotatable bonds is 2. The Hall–Kier alpha value is -1.68. The van der Waals surface area contributed by atoms with Crippen LogP contribution in [-0.2, 0) is 0 Å². The summed E-state index contributed by atoms with van der Waals surface area (Å²) in [6.45, 7) is 1.15. The Morgan fingerprint density at radius 3 is 3.06 bits per heavy atom. The van der Waals surface area contributed by atoms with E-state index in [2.05, 4.69) is 22.1 Å². The molecule has 0 spiro atoms. The summed E-state index contributed by atoms with van der Waals surface area (Å²) >= 11 is 0. The Kier molecular flexibility index (Phi) is 2.65. The van der Waals surface area contributed by atoms with Crippen molar-refractivity contribution in [2.24, 2.45) is 0 Å². The zero-order valence-corrected chi connectivity index (χ0v) is 9.84. The topological polar surface area (TPSA) is 42.2 Å². The standard InChI is InChI=1S/C13H15N3O/c1-16-7-2-3-13(16)11-9-14-6-4-10(11)12-5-8-17-15-12/h4-6,8-9,13H,2-3,7H2,1H3/t13-/m0/s1. The van der Waals surface area contributed by atoms with Gasteiger partial charge in [0.25, 0.3) is 0 Å². The van der Waals surface area contributed by atoms with Gasteiger partial charge in [-0.1, -0.05) is 5.16 Å². The first kappa shape index (κ1) is 10.5. The largest absolute Gasteiger partial charge is 0.364 e. The molecule has 0 aliphatic carbocycles. The third kappa shape index (κ3) is 1.85. The molecule has 2 aromatic heterocycles. The Morgan fingerprint density at radius 1 is 1.41 bits per heavy atom. The van der Waals surface area contributed by atoms with Gasteiger partial charge in [-0.3, -0.25) is 9.88 Å². The molecule has 0 N–H and O–H groups in total. The van der Waals surface area contributed by atoms with Crippen molar-refractivity contribution in [2.45, 2.75) is 18.9 Å². The highest BCUT2D eigenvalue weighted by Gasteiger charge is 2.25. The number of likely N-dealkylation sites (tertiary alicyclic amines) is 1. The average Bonchev–Trinajstić information content (AvgIpc) is 3.00. The van der Waals surface area contributed by atoms with Crippen LogP contribution in [0.15, 0.2) is 35.3 Å². The monoisotopic (exact) mass is 229 g/mol. The molecule has 3 heterocycles. The van der Waals surface area contributed by atoms with E-state index in [1.165, 1.54) is 18.4 Å². The van der Waals surface area contributed by atoms with Crippen molar-refractivity contribution in [3.8, 4) is 11.3 Å². The maximum absolute atomic E-state index is 4.93. The number of nitrogens with zero attached hydrogens (tertiary/aromatic N) is 3. The number of hydrogen-bond donors (Lipinski definition) is 0. The van der Waals surface area contributed by atoms with Crippen LogP contribution in [0.25, 0.3) is 11.3 Å². The molecule has 4 heteroatoms. The third-order valence-corrected chi connectivity index (χ3v) is 3.45. The fourth-order valence-electron chi connectivity index (χ4n) is 2.56. The average molecular weight is 229 g/mol. The second-order valence-corrected chi connectivity index (χ2v) is 4.49. The molecule has 1 atom stereocenters. The van der Waals surface area contributed by atoms with Crippen molar-refractivity contribution < 1.29 is 4.52 Å². The summed E-state index contributed by atoms with van der Waals surface area (Å²) in [5.41, 5.74) is 3.27. The molecule has 0 radical (unpaired) electrons. The lowest BCUT2D eigenvalue weighted by Gasteiger charge is -2.21. The summed E-state index contributed by atoms with van der Waals surface area (Å²) in [5, 5.41) is 4.02. The van der Waals surface area contributed by atoms with Gasteiger partial charge in [0.05, 0.1) is 0 Å². The van der Waals surface area contributed by atoms with Crippen LogP contribution in [0.3, 0.4) is 0 Å². The molecule has 88 valence electrons. The smallest absolute Gasteiger partial charge is 0.124 e. The SMILES string of the molecule is CN1CCC[C@H]1c1cnccc1-c1ccon1. The lowest BCUT2D eigenvalue weighted by atomic mass is 9.99. The van der Waals surface area contributed by atoms with E-state index in [1.807, 2.05) is 24.5 Å². The summed E-state index contributed by atoms with van der Waals surface area (Å²) in [5.74, 6) is 0. The molecule has 1 fully saturated rings. The van der Waals surface area contributed by atoms with E-state index in [0.717, 1.165) is 17.8 Å². The zero-order chi connectivity index (χ0) is 11.7. The van der Waals surface area contributed by atoms with E-state index in [1.54, 1.807) is 6.26 Å². The van der Waals surface area contributed by atoms with Gasteiger partial charge in [-0.05, 0) is 38.1 Å². The van der Waals surface area contributed by atoms with E-state index in [-0.39, 0.29) is 0 Å². The van der Waals surface area contributed by atoms with Gasteiger partial charge in [0, 0.05) is 30.1 Å². The minimum Gasteiger partial charge on any atom is -0.364 e. The highest BCUT2D eigenvalue weighted by molar-refractivity contribution is 5.62. The van der Waals surface area contributed by atoms with E-state index >= 15 is 0 Å². The summed E-state index contributed by atoms with van der Waals surface area (Å²) in [4.78, 5) is 6.62. The van der Waals surface area contributed by atoms with Gasteiger partial charge in [-0.15, -0.1) is 0 Å². The van der Waals surface area contributed by atoms with Crippen LogP contribution in [0, 0.1) is 0 Å². The summed E-state index contributed by atoms with van der Waals surface area (Å²) in [7, 11) is 2.16. The normalized spacial score (nSPS) is 20.9. The van der Waals surface area contributed by atoms with Gasteiger partial charge in [-0.2, -0.15) is 0 Å². The summed E-state index contributed by atoms with van der Waals surface area (Å²) in [6.07, 6.45) is 7.80. The summed E-state index contributed by atoms with van der Waals surface area (Å²) < 4.78 is 4.93. The number of hydrogen-bond acceptors (Lipinski definition) is 4. The minimum absolute atomic E-state index is 0.454. The van der Waals surface area contributed by atoms with Crippen molar-refractivity contribution in [3.05, 3.63) is 36.4 Å². The number of pyridine rings is 1. The first-order valence-corrected chi connectivity index (χ1v) is 5.91. The van der Waals surface area contributed by atoms with E-state index in [0.29, 0.717) is 6.04 Å². The van der Waals surface area contributed by atoms with Crippen LogP contribution in [0.4, 0.5) is 0 Å².